The lowest BCUT2D eigenvalue weighted by molar-refractivity contribution is 0.241. The predicted octanol–water partition coefficient (Wildman–Crippen LogP) is 5.15. The van der Waals surface area contributed by atoms with Gasteiger partial charge in [0.1, 0.15) is 33.8 Å². The van der Waals surface area contributed by atoms with E-state index >= 15 is 0 Å². The smallest absolute Gasteiger partial charge is 0.265 e. The van der Waals surface area contributed by atoms with Crippen LogP contribution in [0.25, 0.3) is 0 Å². The van der Waals surface area contributed by atoms with E-state index < -0.39 is 41.5 Å². The molecule has 0 fully saturated rings. The SMILES string of the molecule is COc1ccc(S(=O)(=O)Nc2cc(F)cc(OC(C)C)c2)cc1S(=O)(=O)Nc1cc(F)cc(OC(C)C)c1. The maximum Gasteiger partial charge on any atom is 0.265 e. The Hall–Kier alpha value is -3.58. The number of methoxy groups -OCH3 is 1. The Morgan fingerprint density at radius 2 is 1.16 bits per heavy atom. The summed E-state index contributed by atoms with van der Waals surface area (Å²) in [5.74, 6) is -1.44. The Balaban J connectivity index is 1.97. The second-order valence-corrected chi connectivity index (χ2v) is 12.0. The Kier molecular flexibility index (Phi) is 8.72. The molecule has 0 aliphatic carbocycles. The van der Waals surface area contributed by atoms with Crippen LogP contribution in [0.1, 0.15) is 27.7 Å². The molecule has 0 saturated heterocycles. The van der Waals surface area contributed by atoms with E-state index in [1.807, 2.05) is 0 Å². The van der Waals surface area contributed by atoms with Crippen molar-refractivity contribution in [2.24, 2.45) is 0 Å². The second kappa shape index (κ2) is 11.4. The van der Waals surface area contributed by atoms with E-state index in [2.05, 4.69) is 9.44 Å². The molecule has 0 saturated carbocycles. The highest BCUT2D eigenvalue weighted by Gasteiger charge is 2.25. The van der Waals surface area contributed by atoms with Crippen molar-refractivity contribution in [2.45, 2.75) is 49.7 Å². The number of halogens is 2. The van der Waals surface area contributed by atoms with Gasteiger partial charge in [-0.1, -0.05) is 0 Å². The van der Waals surface area contributed by atoms with E-state index in [-0.39, 0.29) is 40.8 Å². The van der Waals surface area contributed by atoms with Gasteiger partial charge in [0.15, 0.2) is 0 Å². The van der Waals surface area contributed by atoms with Crippen molar-refractivity contribution in [1.82, 2.24) is 0 Å². The van der Waals surface area contributed by atoms with Gasteiger partial charge in [0, 0.05) is 24.3 Å². The van der Waals surface area contributed by atoms with Gasteiger partial charge in [-0.2, -0.15) is 0 Å². The molecule has 206 valence electrons. The monoisotopic (exact) mass is 570 g/mol. The van der Waals surface area contributed by atoms with Crippen LogP contribution in [-0.4, -0.2) is 36.2 Å². The molecule has 0 aromatic heterocycles. The number of nitrogens with one attached hydrogen (secondary N) is 2. The summed E-state index contributed by atoms with van der Waals surface area (Å²) in [5.41, 5.74) is -0.275. The minimum absolute atomic E-state index is 0.0982. The fourth-order valence-corrected chi connectivity index (χ4v) is 5.76. The number of sulfonamides is 2. The lowest BCUT2D eigenvalue weighted by atomic mass is 10.3. The summed E-state index contributed by atoms with van der Waals surface area (Å²) in [4.78, 5) is -0.973. The van der Waals surface area contributed by atoms with Gasteiger partial charge in [-0.3, -0.25) is 9.44 Å². The third kappa shape index (κ3) is 7.48. The zero-order valence-electron chi connectivity index (χ0n) is 21.3. The molecule has 3 aromatic carbocycles. The lowest BCUT2D eigenvalue weighted by Gasteiger charge is -2.16. The van der Waals surface area contributed by atoms with Crippen LogP contribution in [-0.2, 0) is 20.0 Å². The van der Waals surface area contributed by atoms with Gasteiger partial charge in [0.25, 0.3) is 20.0 Å². The van der Waals surface area contributed by atoms with E-state index in [0.29, 0.717) is 0 Å². The Morgan fingerprint density at radius 3 is 1.61 bits per heavy atom. The zero-order chi connectivity index (χ0) is 28.3. The highest BCUT2D eigenvalue weighted by atomic mass is 32.2. The van der Waals surface area contributed by atoms with Gasteiger partial charge < -0.3 is 14.2 Å². The van der Waals surface area contributed by atoms with Crippen LogP contribution in [0.3, 0.4) is 0 Å². The fraction of sp³-hybridized carbons (Fsp3) is 0.280. The highest BCUT2D eigenvalue weighted by Crippen LogP contribution is 2.31. The molecule has 0 heterocycles. The standard InChI is InChI=1S/C25H28F2N2O7S2/c1-15(2)35-21-10-17(26)8-19(12-21)28-37(30,31)23-6-7-24(34-5)25(14-23)38(32,33)29-20-9-18(27)11-22(13-20)36-16(3)4/h6-16,28-29H,1-5H3. The average molecular weight is 571 g/mol. The van der Waals surface area contributed by atoms with E-state index in [0.717, 1.165) is 42.5 Å². The molecule has 3 rings (SSSR count). The molecule has 0 bridgehead atoms. The number of hydrogen-bond acceptors (Lipinski definition) is 7. The van der Waals surface area contributed by atoms with Crippen molar-refractivity contribution in [3.63, 3.8) is 0 Å². The molecule has 0 unspecified atom stereocenters. The van der Waals surface area contributed by atoms with Crippen LogP contribution in [0, 0.1) is 11.6 Å². The minimum atomic E-state index is -4.47. The van der Waals surface area contributed by atoms with Gasteiger partial charge in [-0.15, -0.1) is 0 Å². The summed E-state index contributed by atoms with van der Waals surface area (Å²) in [6, 6.07) is 9.84. The van der Waals surface area contributed by atoms with Gasteiger partial charge in [-0.25, -0.2) is 25.6 Å². The minimum Gasteiger partial charge on any atom is -0.495 e. The number of ether oxygens (including phenoxy) is 3. The van der Waals surface area contributed by atoms with Crippen LogP contribution in [0.4, 0.5) is 20.2 Å². The number of benzene rings is 3. The van der Waals surface area contributed by atoms with Crippen molar-refractivity contribution in [2.75, 3.05) is 16.6 Å². The van der Waals surface area contributed by atoms with Crippen LogP contribution >= 0.6 is 0 Å². The zero-order valence-corrected chi connectivity index (χ0v) is 22.9. The van der Waals surface area contributed by atoms with Crippen molar-refractivity contribution in [3.05, 3.63) is 66.2 Å². The van der Waals surface area contributed by atoms with Crippen molar-refractivity contribution >= 4 is 31.4 Å². The molecule has 3 aromatic rings. The van der Waals surface area contributed by atoms with Gasteiger partial charge >= 0.3 is 0 Å². The Bertz CT molecular complexity index is 1530. The quantitative estimate of drug-likeness (QED) is 0.327. The average Bonchev–Trinajstić information content (AvgIpc) is 2.76. The lowest BCUT2D eigenvalue weighted by Crippen LogP contribution is -2.17. The van der Waals surface area contributed by atoms with E-state index in [1.54, 1.807) is 27.7 Å². The maximum absolute atomic E-state index is 14.1. The number of anilines is 2. The first-order chi connectivity index (χ1) is 17.7. The molecule has 0 radical (unpaired) electrons. The molecule has 0 spiro atoms. The topological polar surface area (TPSA) is 120 Å². The van der Waals surface area contributed by atoms with Gasteiger partial charge in [0.05, 0.1) is 35.6 Å². The van der Waals surface area contributed by atoms with Crippen LogP contribution < -0.4 is 23.7 Å². The van der Waals surface area contributed by atoms with Crippen molar-refractivity contribution in [1.29, 1.82) is 0 Å². The predicted molar refractivity (Wildman–Crippen MR) is 139 cm³/mol. The Labute approximate surface area is 220 Å². The summed E-state index contributed by atoms with van der Waals surface area (Å²) < 4.78 is 101. The van der Waals surface area contributed by atoms with Crippen molar-refractivity contribution in [3.8, 4) is 17.2 Å². The van der Waals surface area contributed by atoms with Crippen LogP contribution in [0.2, 0.25) is 0 Å². The summed E-state index contributed by atoms with van der Waals surface area (Å²) in [5, 5.41) is 0. The van der Waals surface area contributed by atoms with E-state index in [9.17, 15) is 25.6 Å². The summed E-state index contributed by atoms with van der Waals surface area (Å²) in [7, 11) is -7.64. The fourth-order valence-electron chi connectivity index (χ4n) is 3.38. The highest BCUT2D eigenvalue weighted by molar-refractivity contribution is 7.93. The Morgan fingerprint density at radius 1 is 0.684 bits per heavy atom. The number of rotatable bonds is 11. The van der Waals surface area contributed by atoms with Crippen LogP contribution in [0.15, 0.2) is 64.4 Å². The molecular weight excluding hydrogens is 542 g/mol. The van der Waals surface area contributed by atoms with E-state index in [1.165, 1.54) is 19.2 Å². The summed E-state index contributed by atoms with van der Waals surface area (Å²) >= 11 is 0. The summed E-state index contributed by atoms with van der Waals surface area (Å²) in [6.07, 6.45) is -0.573. The van der Waals surface area contributed by atoms with Gasteiger partial charge in [0.2, 0.25) is 0 Å². The molecule has 0 atom stereocenters. The molecule has 0 aliphatic rings. The largest absolute Gasteiger partial charge is 0.495 e. The molecule has 0 amide bonds. The molecule has 2 N–H and O–H groups in total. The molecular formula is C25H28F2N2O7S2. The van der Waals surface area contributed by atoms with Crippen molar-refractivity contribution < 1.29 is 39.8 Å². The number of hydrogen-bond donors (Lipinski definition) is 2. The third-order valence-electron chi connectivity index (χ3n) is 4.73. The van der Waals surface area contributed by atoms with E-state index in [4.69, 9.17) is 14.2 Å². The second-order valence-electron chi connectivity index (χ2n) is 8.71. The summed E-state index contributed by atoms with van der Waals surface area (Å²) in [6.45, 7) is 6.90. The van der Waals surface area contributed by atoms with Crippen LogP contribution in [0.5, 0.6) is 17.2 Å². The third-order valence-corrected chi connectivity index (χ3v) is 7.51. The maximum atomic E-state index is 14.1. The first-order valence-electron chi connectivity index (χ1n) is 11.4. The normalized spacial score (nSPS) is 11.9. The molecule has 13 heteroatoms. The first-order valence-corrected chi connectivity index (χ1v) is 14.3. The molecule has 0 aliphatic heterocycles. The first kappa shape index (κ1) is 29.0. The molecule has 9 nitrogen and oxygen atoms in total. The van der Waals surface area contributed by atoms with Gasteiger partial charge in [-0.05, 0) is 58.0 Å². The molecule has 38 heavy (non-hydrogen) atoms.